The predicted octanol–water partition coefficient (Wildman–Crippen LogP) is 1.11. The van der Waals surface area contributed by atoms with Crippen molar-refractivity contribution in [1.29, 1.82) is 0 Å². The zero-order valence-corrected chi connectivity index (χ0v) is 10.7. The molecule has 2 saturated heterocycles. The molecule has 1 spiro atoms. The number of ether oxygens (including phenoxy) is 1. The molecule has 1 atom stereocenters. The molecule has 1 unspecified atom stereocenters. The highest BCUT2D eigenvalue weighted by Gasteiger charge is 2.46. The molecule has 0 saturated carbocycles. The van der Waals surface area contributed by atoms with Crippen LogP contribution in [0, 0.1) is 0 Å². The van der Waals surface area contributed by atoms with Gasteiger partial charge in [-0.2, -0.15) is 0 Å². The summed E-state index contributed by atoms with van der Waals surface area (Å²) in [4.78, 5) is 30.4. The number of aromatic nitrogens is 1. The lowest BCUT2D eigenvalue weighted by atomic mass is 9.87. The quantitative estimate of drug-likeness (QED) is 0.764. The zero-order valence-electron chi connectivity index (χ0n) is 9.92. The van der Waals surface area contributed by atoms with Crippen LogP contribution in [0.5, 0.6) is 0 Å². The lowest BCUT2D eigenvalue weighted by Crippen LogP contribution is -2.53. The Morgan fingerprint density at radius 2 is 2.39 bits per heavy atom. The van der Waals surface area contributed by atoms with E-state index < -0.39 is 5.60 Å². The van der Waals surface area contributed by atoms with Crippen LogP contribution < -0.4 is 0 Å². The van der Waals surface area contributed by atoms with Gasteiger partial charge < -0.3 is 9.64 Å². The van der Waals surface area contributed by atoms with Crippen LogP contribution in [-0.2, 0) is 9.53 Å². The Hall–Kier alpha value is -1.27. The van der Waals surface area contributed by atoms with Crippen molar-refractivity contribution < 1.29 is 14.3 Å². The van der Waals surface area contributed by atoms with Crippen LogP contribution in [0.25, 0.3) is 0 Å². The summed E-state index contributed by atoms with van der Waals surface area (Å²) in [5, 5.41) is 0. The second kappa shape index (κ2) is 4.44. The molecule has 2 fully saturated rings. The fraction of sp³-hybridized carbons (Fsp3) is 0.583. The molecule has 0 aliphatic carbocycles. The Morgan fingerprint density at radius 3 is 3.00 bits per heavy atom. The van der Waals surface area contributed by atoms with Crippen LogP contribution in [0.1, 0.15) is 28.9 Å². The number of ketones is 1. The summed E-state index contributed by atoms with van der Waals surface area (Å²) in [7, 11) is 0. The van der Waals surface area contributed by atoms with Crippen LogP contribution >= 0.6 is 11.3 Å². The highest BCUT2D eigenvalue weighted by molar-refractivity contribution is 7.11. The smallest absolute Gasteiger partial charge is 0.265 e. The number of nitrogens with zero attached hydrogens (tertiary/aromatic N) is 2. The zero-order chi connectivity index (χ0) is 12.6. The van der Waals surface area contributed by atoms with E-state index in [2.05, 4.69) is 4.98 Å². The number of likely N-dealkylation sites (tertiary alicyclic amines) is 1. The number of rotatable bonds is 1. The minimum absolute atomic E-state index is 0.0455. The van der Waals surface area contributed by atoms with Gasteiger partial charge in [-0.3, -0.25) is 14.6 Å². The molecule has 0 bridgehead atoms. The second-order valence-electron chi connectivity index (χ2n) is 4.71. The first-order chi connectivity index (χ1) is 8.71. The van der Waals surface area contributed by atoms with E-state index in [0.717, 1.165) is 12.8 Å². The maximum atomic E-state index is 12.2. The largest absolute Gasteiger partial charge is 0.367 e. The Morgan fingerprint density at radius 1 is 1.50 bits per heavy atom. The lowest BCUT2D eigenvalue weighted by molar-refractivity contribution is -0.144. The van der Waals surface area contributed by atoms with Crippen molar-refractivity contribution in [3.63, 3.8) is 0 Å². The fourth-order valence-electron chi connectivity index (χ4n) is 2.62. The first-order valence-corrected chi connectivity index (χ1v) is 6.94. The normalized spacial score (nSPS) is 28.0. The van der Waals surface area contributed by atoms with Gasteiger partial charge in [-0.15, -0.1) is 11.3 Å². The summed E-state index contributed by atoms with van der Waals surface area (Å²) < 4.78 is 5.62. The van der Waals surface area contributed by atoms with E-state index in [1.54, 1.807) is 16.6 Å². The summed E-state index contributed by atoms with van der Waals surface area (Å²) in [6, 6.07) is 0. The Balaban J connectivity index is 1.72. The van der Waals surface area contributed by atoms with Gasteiger partial charge in [0.1, 0.15) is 10.5 Å². The van der Waals surface area contributed by atoms with E-state index in [1.807, 2.05) is 0 Å². The molecule has 3 rings (SSSR count). The molecule has 3 heterocycles. The van der Waals surface area contributed by atoms with Gasteiger partial charge in [0.05, 0.1) is 18.3 Å². The maximum absolute atomic E-state index is 12.2. The van der Waals surface area contributed by atoms with Gasteiger partial charge in [0.25, 0.3) is 5.91 Å². The molecule has 5 nitrogen and oxygen atoms in total. The number of Topliss-reactive ketones (excluding diaryl/α,β-unsaturated/α-hetero) is 1. The number of hydrogen-bond donors (Lipinski definition) is 0. The summed E-state index contributed by atoms with van der Waals surface area (Å²) in [5.41, 5.74) is 1.03. The molecular formula is C12H14N2O3S. The van der Waals surface area contributed by atoms with Gasteiger partial charge in [0.2, 0.25) is 0 Å². The molecule has 2 aliphatic heterocycles. The summed E-state index contributed by atoms with van der Waals surface area (Å²) in [5.74, 6) is -0.0530. The lowest BCUT2D eigenvalue weighted by Gasteiger charge is -2.36. The molecule has 96 valence electrons. The first-order valence-electron chi connectivity index (χ1n) is 6.06. The fourth-order valence-corrected chi connectivity index (χ4v) is 3.20. The number of amides is 1. The number of hydrogen-bond acceptors (Lipinski definition) is 5. The monoisotopic (exact) mass is 266 g/mol. The van der Waals surface area contributed by atoms with Crippen molar-refractivity contribution in [2.75, 3.05) is 19.7 Å². The highest BCUT2D eigenvalue weighted by Crippen LogP contribution is 2.33. The van der Waals surface area contributed by atoms with Crippen molar-refractivity contribution >= 4 is 23.0 Å². The second-order valence-corrected chi connectivity index (χ2v) is 5.60. The van der Waals surface area contributed by atoms with Gasteiger partial charge in [0.15, 0.2) is 5.78 Å². The molecular weight excluding hydrogens is 252 g/mol. The molecule has 1 aromatic heterocycles. The third-order valence-electron chi connectivity index (χ3n) is 3.66. The summed E-state index contributed by atoms with van der Waals surface area (Å²) >= 11 is 1.30. The summed E-state index contributed by atoms with van der Waals surface area (Å²) in [6.45, 7) is 1.41. The van der Waals surface area contributed by atoms with Crippen LogP contribution in [0.2, 0.25) is 0 Å². The van der Waals surface area contributed by atoms with Gasteiger partial charge in [-0.05, 0) is 12.8 Å². The van der Waals surface area contributed by atoms with Gasteiger partial charge in [-0.25, -0.2) is 0 Å². The standard InChI is InChI=1S/C12H14N2O3S/c15-10-7-14(11(16)9-6-13-8-18-9)4-3-12(10)2-1-5-17-12/h6,8H,1-5,7H2. The van der Waals surface area contributed by atoms with Crippen LogP contribution in [0.3, 0.4) is 0 Å². The van der Waals surface area contributed by atoms with E-state index in [-0.39, 0.29) is 18.2 Å². The van der Waals surface area contributed by atoms with Crippen molar-refractivity contribution in [3.8, 4) is 0 Å². The SMILES string of the molecule is O=C(c1cncs1)N1CCC2(CCCO2)C(=O)C1. The molecule has 2 aliphatic rings. The summed E-state index contributed by atoms with van der Waals surface area (Å²) in [6.07, 6.45) is 3.91. The Kier molecular flexibility index (Phi) is 2.91. The first kappa shape index (κ1) is 11.8. The highest BCUT2D eigenvalue weighted by atomic mass is 32.1. The minimum atomic E-state index is -0.593. The molecule has 6 heteroatoms. The molecule has 18 heavy (non-hydrogen) atoms. The molecule has 1 amide bonds. The third-order valence-corrected chi connectivity index (χ3v) is 4.42. The Labute approximate surface area is 109 Å². The van der Waals surface area contributed by atoms with E-state index in [9.17, 15) is 9.59 Å². The number of piperidine rings is 1. The van der Waals surface area contributed by atoms with Crippen molar-refractivity contribution in [2.45, 2.75) is 24.9 Å². The van der Waals surface area contributed by atoms with E-state index in [4.69, 9.17) is 4.74 Å². The molecule has 1 aromatic rings. The molecule has 0 N–H and O–H groups in total. The van der Waals surface area contributed by atoms with Crippen molar-refractivity contribution in [1.82, 2.24) is 9.88 Å². The minimum Gasteiger partial charge on any atom is -0.367 e. The van der Waals surface area contributed by atoms with E-state index >= 15 is 0 Å². The number of thiazole rings is 1. The number of carbonyl (C=O) groups excluding carboxylic acids is 2. The molecule has 0 aromatic carbocycles. The predicted molar refractivity (Wildman–Crippen MR) is 65.6 cm³/mol. The average molecular weight is 266 g/mol. The molecule has 0 radical (unpaired) electrons. The van der Waals surface area contributed by atoms with Gasteiger partial charge in [-0.1, -0.05) is 0 Å². The van der Waals surface area contributed by atoms with Gasteiger partial charge in [0, 0.05) is 19.6 Å². The van der Waals surface area contributed by atoms with Crippen LogP contribution in [-0.4, -0.2) is 46.9 Å². The number of carbonyl (C=O) groups is 2. The van der Waals surface area contributed by atoms with Gasteiger partial charge >= 0.3 is 0 Å². The maximum Gasteiger partial charge on any atom is 0.265 e. The van der Waals surface area contributed by atoms with E-state index in [0.29, 0.717) is 24.4 Å². The van der Waals surface area contributed by atoms with Crippen molar-refractivity contribution in [3.05, 3.63) is 16.6 Å². The van der Waals surface area contributed by atoms with Crippen LogP contribution in [0.15, 0.2) is 11.7 Å². The van der Waals surface area contributed by atoms with Crippen molar-refractivity contribution in [2.24, 2.45) is 0 Å². The topological polar surface area (TPSA) is 59.5 Å². The third kappa shape index (κ3) is 1.85. The van der Waals surface area contributed by atoms with E-state index in [1.165, 1.54) is 11.3 Å². The average Bonchev–Trinajstić information content (AvgIpc) is 3.04. The Bertz CT molecular complexity index is 466. The van der Waals surface area contributed by atoms with Crippen LogP contribution in [0.4, 0.5) is 0 Å².